The van der Waals surface area contributed by atoms with Crippen molar-refractivity contribution in [3.05, 3.63) is 34.9 Å². The van der Waals surface area contributed by atoms with Gasteiger partial charge in [-0.05, 0) is 37.5 Å². The minimum Gasteiger partial charge on any atom is -0.388 e. The summed E-state index contributed by atoms with van der Waals surface area (Å²) in [7, 11) is 0. The molecular weight excluding hydrogens is 264 g/mol. The van der Waals surface area contributed by atoms with Crippen molar-refractivity contribution in [3.8, 4) is 0 Å². The molecule has 1 unspecified atom stereocenters. The predicted octanol–water partition coefficient (Wildman–Crippen LogP) is 1.48. The Hall–Kier alpha value is -0.940. The average molecular weight is 292 g/mol. The number of nitrogens with zero attached hydrogens (tertiary/aromatic N) is 1. The first-order chi connectivity index (χ1) is 9.98. The van der Waals surface area contributed by atoms with E-state index in [9.17, 15) is 5.11 Å². The van der Waals surface area contributed by atoms with E-state index < -0.39 is 5.60 Å². The molecule has 0 aromatic heterocycles. The molecular formula is C17H28N2O2. The molecule has 1 aromatic carbocycles. The summed E-state index contributed by atoms with van der Waals surface area (Å²) in [6.45, 7) is 11.6. The summed E-state index contributed by atoms with van der Waals surface area (Å²) >= 11 is 0. The standard InChI is InChI=1S/C17H28N2O2/c1-14-5-4-6-15(2)16(14)11-18-12-17(3,20)13-19-7-9-21-10-8-19/h4-6,18,20H,7-13H2,1-3H3. The minimum atomic E-state index is -0.714. The third-order valence-electron chi connectivity index (χ3n) is 4.12. The highest BCUT2D eigenvalue weighted by Crippen LogP contribution is 2.13. The summed E-state index contributed by atoms with van der Waals surface area (Å²) in [5, 5.41) is 13.9. The molecule has 1 aromatic rings. The molecule has 1 aliphatic rings. The zero-order chi connectivity index (χ0) is 15.3. The second kappa shape index (κ2) is 7.36. The first kappa shape index (κ1) is 16.4. The monoisotopic (exact) mass is 292 g/mol. The smallest absolute Gasteiger partial charge is 0.0869 e. The van der Waals surface area contributed by atoms with Crippen LogP contribution in [0.5, 0.6) is 0 Å². The van der Waals surface area contributed by atoms with Crippen molar-refractivity contribution in [2.45, 2.75) is 32.9 Å². The molecule has 21 heavy (non-hydrogen) atoms. The Morgan fingerprint density at radius 2 is 1.86 bits per heavy atom. The van der Waals surface area contributed by atoms with Gasteiger partial charge in [-0.3, -0.25) is 4.90 Å². The van der Waals surface area contributed by atoms with E-state index in [1.807, 2.05) is 6.92 Å². The van der Waals surface area contributed by atoms with Crippen LogP contribution in [0.25, 0.3) is 0 Å². The maximum atomic E-state index is 10.5. The van der Waals surface area contributed by atoms with Gasteiger partial charge in [0.15, 0.2) is 0 Å². The van der Waals surface area contributed by atoms with Gasteiger partial charge in [-0.15, -0.1) is 0 Å². The molecule has 0 saturated carbocycles. The van der Waals surface area contributed by atoms with Crippen LogP contribution in [0.15, 0.2) is 18.2 Å². The number of hydrogen-bond donors (Lipinski definition) is 2. The summed E-state index contributed by atoms with van der Waals surface area (Å²) in [6.07, 6.45) is 0. The van der Waals surface area contributed by atoms with Crippen molar-refractivity contribution < 1.29 is 9.84 Å². The second-order valence-electron chi connectivity index (χ2n) is 6.36. The van der Waals surface area contributed by atoms with Crippen LogP contribution in [0.3, 0.4) is 0 Å². The molecule has 1 saturated heterocycles. The lowest BCUT2D eigenvalue weighted by molar-refractivity contribution is -0.0219. The highest BCUT2D eigenvalue weighted by molar-refractivity contribution is 5.33. The van der Waals surface area contributed by atoms with Gasteiger partial charge in [0.1, 0.15) is 0 Å². The van der Waals surface area contributed by atoms with E-state index in [4.69, 9.17) is 4.74 Å². The highest BCUT2D eigenvalue weighted by atomic mass is 16.5. The van der Waals surface area contributed by atoms with E-state index in [1.165, 1.54) is 16.7 Å². The number of aryl methyl sites for hydroxylation is 2. The quantitative estimate of drug-likeness (QED) is 0.833. The van der Waals surface area contributed by atoms with E-state index in [-0.39, 0.29) is 0 Å². The second-order valence-corrected chi connectivity index (χ2v) is 6.36. The highest BCUT2D eigenvalue weighted by Gasteiger charge is 2.24. The van der Waals surface area contributed by atoms with Crippen LogP contribution in [-0.2, 0) is 11.3 Å². The van der Waals surface area contributed by atoms with Gasteiger partial charge < -0.3 is 15.2 Å². The lowest BCUT2D eigenvalue weighted by atomic mass is 10.0. The molecule has 1 aliphatic heterocycles. The zero-order valence-electron chi connectivity index (χ0n) is 13.5. The fourth-order valence-corrected chi connectivity index (χ4v) is 2.88. The normalized spacial score (nSPS) is 19.4. The van der Waals surface area contributed by atoms with Gasteiger partial charge in [0, 0.05) is 32.7 Å². The summed E-state index contributed by atoms with van der Waals surface area (Å²) < 4.78 is 5.34. The van der Waals surface area contributed by atoms with Gasteiger partial charge in [0.25, 0.3) is 0 Å². The average Bonchev–Trinajstić information content (AvgIpc) is 2.42. The topological polar surface area (TPSA) is 44.7 Å². The SMILES string of the molecule is Cc1cccc(C)c1CNCC(C)(O)CN1CCOCC1. The summed E-state index contributed by atoms with van der Waals surface area (Å²) in [6, 6.07) is 6.36. The maximum absolute atomic E-state index is 10.5. The molecule has 1 fully saturated rings. The predicted molar refractivity (Wildman–Crippen MR) is 85.5 cm³/mol. The Morgan fingerprint density at radius 1 is 1.24 bits per heavy atom. The number of hydrogen-bond acceptors (Lipinski definition) is 4. The molecule has 2 rings (SSSR count). The van der Waals surface area contributed by atoms with Crippen molar-refractivity contribution >= 4 is 0 Å². The molecule has 118 valence electrons. The number of benzene rings is 1. The summed E-state index contributed by atoms with van der Waals surface area (Å²) in [5.74, 6) is 0. The first-order valence-corrected chi connectivity index (χ1v) is 7.76. The number of aliphatic hydroxyl groups is 1. The molecule has 4 heteroatoms. The van der Waals surface area contributed by atoms with Crippen molar-refractivity contribution in [2.75, 3.05) is 39.4 Å². The zero-order valence-corrected chi connectivity index (χ0v) is 13.5. The maximum Gasteiger partial charge on any atom is 0.0869 e. The van der Waals surface area contributed by atoms with Gasteiger partial charge in [0.2, 0.25) is 0 Å². The minimum absolute atomic E-state index is 0.595. The van der Waals surface area contributed by atoms with Gasteiger partial charge in [-0.2, -0.15) is 0 Å². The van der Waals surface area contributed by atoms with E-state index >= 15 is 0 Å². The van der Waals surface area contributed by atoms with E-state index in [0.29, 0.717) is 13.1 Å². The van der Waals surface area contributed by atoms with Crippen LogP contribution in [0.4, 0.5) is 0 Å². The van der Waals surface area contributed by atoms with Crippen LogP contribution >= 0.6 is 0 Å². The Kier molecular flexibility index (Phi) is 5.76. The number of β-amino-alcohol motifs (C(OH)–C–C–N with tert-alkyl or cyclic N) is 1. The van der Waals surface area contributed by atoms with Crippen LogP contribution in [0.2, 0.25) is 0 Å². The molecule has 1 heterocycles. The van der Waals surface area contributed by atoms with E-state index in [0.717, 1.165) is 32.8 Å². The number of ether oxygens (including phenoxy) is 1. The number of morpholine rings is 1. The number of rotatable bonds is 6. The molecule has 1 atom stereocenters. The van der Waals surface area contributed by atoms with Gasteiger partial charge in [-0.25, -0.2) is 0 Å². The molecule has 0 spiro atoms. The van der Waals surface area contributed by atoms with Gasteiger partial charge in [0.05, 0.1) is 18.8 Å². The first-order valence-electron chi connectivity index (χ1n) is 7.76. The molecule has 0 bridgehead atoms. The molecule has 0 radical (unpaired) electrons. The fourth-order valence-electron chi connectivity index (χ4n) is 2.88. The van der Waals surface area contributed by atoms with Crippen LogP contribution in [0, 0.1) is 13.8 Å². The summed E-state index contributed by atoms with van der Waals surface area (Å²) in [4.78, 5) is 2.27. The molecule has 4 nitrogen and oxygen atoms in total. The van der Waals surface area contributed by atoms with Crippen molar-refractivity contribution in [1.82, 2.24) is 10.2 Å². The largest absolute Gasteiger partial charge is 0.388 e. The number of nitrogens with one attached hydrogen (secondary N) is 1. The molecule has 0 aliphatic carbocycles. The fraction of sp³-hybridized carbons (Fsp3) is 0.647. The van der Waals surface area contributed by atoms with Crippen molar-refractivity contribution in [2.24, 2.45) is 0 Å². The van der Waals surface area contributed by atoms with E-state index in [2.05, 4.69) is 42.3 Å². The Bertz CT molecular complexity index is 434. The van der Waals surface area contributed by atoms with Gasteiger partial charge >= 0.3 is 0 Å². The van der Waals surface area contributed by atoms with E-state index in [1.54, 1.807) is 0 Å². The Morgan fingerprint density at radius 3 is 2.48 bits per heavy atom. The van der Waals surface area contributed by atoms with Crippen molar-refractivity contribution in [3.63, 3.8) is 0 Å². The molecule has 0 amide bonds. The third kappa shape index (κ3) is 5.08. The molecule has 2 N–H and O–H groups in total. The van der Waals surface area contributed by atoms with Gasteiger partial charge in [-0.1, -0.05) is 18.2 Å². The summed E-state index contributed by atoms with van der Waals surface area (Å²) in [5.41, 5.74) is 3.22. The van der Waals surface area contributed by atoms with Crippen LogP contribution in [0.1, 0.15) is 23.6 Å². The Labute approximate surface area is 128 Å². The Balaban J connectivity index is 1.81. The lowest BCUT2D eigenvalue weighted by Crippen LogP contribution is -2.50. The van der Waals surface area contributed by atoms with Crippen LogP contribution in [-0.4, -0.2) is 55.0 Å². The van der Waals surface area contributed by atoms with Crippen molar-refractivity contribution in [1.29, 1.82) is 0 Å². The lowest BCUT2D eigenvalue weighted by Gasteiger charge is -2.34. The van der Waals surface area contributed by atoms with Crippen LogP contribution < -0.4 is 5.32 Å². The third-order valence-corrected chi connectivity index (χ3v) is 4.12.